The molecule has 0 aromatic heterocycles. The molecular weight excluding hydrogens is 456 g/mol. The Bertz CT molecular complexity index is 1570. The number of esters is 1. The van der Waals surface area contributed by atoms with Gasteiger partial charge in [-0.15, -0.1) is 0 Å². The van der Waals surface area contributed by atoms with Gasteiger partial charge in [-0.25, -0.2) is 4.79 Å². The van der Waals surface area contributed by atoms with E-state index < -0.39 is 5.97 Å². The number of rotatable bonds is 4. The maximum atomic E-state index is 12.3. The van der Waals surface area contributed by atoms with Crippen LogP contribution in [-0.2, 0) is 0 Å². The Labute approximate surface area is 208 Å². The fraction of sp³-hybridized carbons (Fsp3) is 0.0667. The van der Waals surface area contributed by atoms with E-state index in [0.29, 0.717) is 16.9 Å². The molecular formula is C30H24O6. The number of phenols is 2. The van der Waals surface area contributed by atoms with Gasteiger partial charge in [0.25, 0.3) is 0 Å². The van der Waals surface area contributed by atoms with Crippen molar-refractivity contribution in [1.29, 1.82) is 0 Å². The Morgan fingerprint density at radius 2 is 1.31 bits per heavy atom. The van der Waals surface area contributed by atoms with Gasteiger partial charge in [-0.3, -0.25) is 4.79 Å². The highest BCUT2D eigenvalue weighted by Gasteiger charge is 2.11. The minimum Gasteiger partial charge on any atom is -0.508 e. The topological polar surface area (TPSA) is 93.1 Å². The molecule has 0 bridgehead atoms. The second-order valence-corrected chi connectivity index (χ2v) is 8.18. The van der Waals surface area contributed by atoms with Crippen LogP contribution in [0.5, 0.6) is 23.0 Å². The molecule has 0 saturated heterocycles. The highest BCUT2D eigenvalue weighted by Crippen LogP contribution is 2.25. The number of fused-ring (bicyclic) bond motifs is 2. The van der Waals surface area contributed by atoms with Crippen molar-refractivity contribution in [2.45, 2.75) is 6.92 Å². The minimum atomic E-state index is -0.426. The summed E-state index contributed by atoms with van der Waals surface area (Å²) >= 11 is 0. The third kappa shape index (κ3) is 5.62. The number of hydrogen-bond acceptors (Lipinski definition) is 6. The number of hydrogen-bond donors (Lipinski definition) is 2. The summed E-state index contributed by atoms with van der Waals surface area (Å²) in [4.78, 5) is 22.8. The molecule has 0 aliphatic heterocycles. The van der Waals surface area contributed by atoms with E-state index in [9.17, 15) is 19.8 Å². The van der Waals surface area contributed by atoms with Crippen LogP contribution >= 0.6 is 0 Å². The Morgan fingerprint density at radius 1 is 0.722 bits per heavy atom. The van der Waals surface area contributed by atoms with Crippen LogP contribution in [0.3, 0.4) is 0 Å². The molecule has 0 aliphatic carbocycles. The van der Waals surface area contributed by atoms with Gasteiger partial charge in [-0.1, -0.05) is 30.3 Å². The average molecular weight is 481 g/mol. The maximum Gasteiger partial charge on any atom is 0.343 e. The van der Waals surface area contributed by atoms with Crippen molar-refractivity contribution in [3.05, 3.63) is 108 Å². The quantitative estimate of drug-likeness (QED) is 0.175. The van der Waals surface area contributed by atoms with Gasteiger partial charge in [0, 0.05) is 5.56 Å². The van der Waals surface area contributed by atoms with Gasteiger partial charge < -0.3 is 19.7 Å². The third-order valence-corrected chi connectivity index (χ3v) is 5.62. The van der Waals surface area contributed by atoms with Gasteiger partial charge in [0.15, 0.2) is 0 Å². The Morgan fingerprint density at radius 3 is 1.92 bits per heavy atom. The van der Waals surface area contributed by atoms with Crippen LogP contribution in [0.4, 0.5) is 0 Å². The molecule has 0 heterocycles. The van der Waals surface area contributed by atoms with Crippen molar-refractivity contribution >= 4 is 33.8 Å². The van der Waals surface area contributed by atoms with E-state index in [1.54, 1.807) is 92.0 Å². The lowest BCUT2D eigenvalue weighted by atomic mass is 10.1. The fourth-order valence-corrected chi connectivity index (χ4v) is 3.77. The zero-order chi connectivity index (χ0) is 25.7. The van der Waals surface area contributed by atoms with E-state index in [2.05, 4.69) is 0 Å². The van der Waals surface area contributed by atoms with E-state index in [4.69, 9.17) is 9.47 Å². The summed E-state index contributed by atoms with van der Waals surface area (Å²) in [5, 5.41) is 22.3. The van der Waals surface area contributed by atoms with E-state index in [0.717, 1.165) is 39.1 Å². The molecule has 5 aromatic carbocycles. The first kappa shape index (κ1) is 24.3. The summed E-state index contributed by atoms with van der Waals surface area (Å²) in [6.07, 6.45) is 0.812. The van der Waals surface area contributed by atoms with Crippen molar-refractivity contribution in [2.75, 3.05) is 7.11 Å². The molecule has 6 nitrogen and oxygen atoms in total. The summed E-state index contributed by atoms with van der Waals surface area (Å²) in [6, 6.07) is 25.8. The largest absolute Gasteiger partial charge is 0.508 e. The first-order chi connectivity index (χ1) is 17.4. The number of ether oxygens (including phenoxy) is 2. The predicted octanol–water partition coefficient (Wildman–Crippen LogP) is 6.44. The number of methoxy groups -OCH3 is 1. The van der Waals surface area contributed by atoms with E-state index in [-0.39, 0.29) is 11.5 Å². The van der Waals surface area contributed by atoms with Crippen LogP contribution in [0.1, 0.15) is 26.3 Å². The number of aryl methyl sites for hydroxylation is 1. The smallest absolute Gasteiger partial charge is 0.343 e. The fourth-order valence-electron chi connectivity index (χ4n) is 3.77. The number of benzene rings is 5. The third-order valence-electron chi connectivity index (χ3n) is 5.62. The summed E-state index contributed by atoms with van der Waals surface area (Å²) in [6.45, 7) is 1.89. The molecule has 36 heavy (non-hydrogen) atoms. The highest BCUT2D eigenvalue weighted by atomic mass is 16.5. The average Bonchev–Trinajstić information content (AvgIpc) is 2.88. The van der Waals surface area contributed by atoms with Gasteiger partial charge in [0.05, 0.1) is 12.7 Å². The van der Waals surface area contributed by atoms with Gasteiger partial charge in [0.1, 0.15) is 29.3 Å². The number of aromatic hydroxyl groups is 2. The molecule has 0 aliphatic rings. The lowest BCUT2D eigenvalue weighted by Crippen LogP contribution is -2.08. The zero-order valence-electron chi connectivity index (χ0n) is 19.8. The van der Waals surface area contributed by atoms with Crippen LogP contribution in [0.15, 0.2) is 91.0 Å². The highest BCUT2D eigenvalue weighted by molar-refractivity contribution is 5.96. The van der Waals surface area contributed by atoms with Gasteiger partial charge in [-0.05, 0) is 94.7 Å². The first-order valence-electron chi connectivity index (χ1n) is 11.1. The number of aldehydes is 1. The van der Waals surface area contributed by atoms with Crippen molar-refractivity contribution in [3.8, 4) is 23.0 Å². The second kappa shape index (κ2) is 10.6. The molecule has 2 N–H and O–H groups in total. The summed E-state index contributed by atoms with van der Waals surface area (Å²) in [5.74, 6) is 1.23. The predicted molar refractivity (Wildman–Crippen MR) is 139 cm³/mol. The van der Waals surface area contributed by atoms with Crippen molar-refractivity contribution in [2.24, 2.45) is 0 Å². The van der Waals surface area contributed by atoms with E-state index in [1.165, 1.54) is 0 Å². The molecule has 5 aromatic rings. The molecule has 180 valence electrons. The molecule has 0 fully saturated rings. The van der Waals surface area contributed by atoms with Gasteiger partial charge in [-0.2, -0.15) is 0 Å². The lowest BCUT2D eigenvalue weighted by molar-refractivity contribution is 0.0734. The van der Waals surface area contributed by atoms with Crippen molar-refractivity contribution in [1.82, 2.24) is 0 Å². The number of phenolic OH excluding ortho intramolecular Hbond substituents is 2. The Hall–Kier alpha value is -4.84. The zero-order valence-corrected chi connectivity index (χ0v) is 19.8. The van der Waals surface area contributed by atoms with Gasteiger partial charge in [0.2, 0.25) is 0 Å². The summed E-state index contributed by atoms with van der Waals surface area (Å²) in [5.41, 5.74) is 2.00. The monoisotopic (exact) mass is 480 g/mol. The van der Waals surface area contributed by atoms with E-state index in [1.807, 2.05) is 13.0 Å². The van der Waals surface area contributed by atoms with E-state index >= 15 is 0 Å². The molecule has 0 amide bonds. The van der Waals surface area contributed by atoms with Crippen molar-refractivity contribution < 1.29 is 29.3 Å². The molecule has 0 spiro atoms. The van der Waals surface area contributed by atoms with Gasteiger partial charge >= 0.3 is 5.97 Å². The summed E-state index contributed by atoms with van der Waals surface area (Å²) in [7, 11) is 1.60. The van der Waals surface area contributed by atoms with Crippen LogP contribution in [0, 0.1) is 6.92 Å². The molecule has 0 saturated carbocycles. The normalized spacial score (nSPS) is 10.4. The maximum absolute atomic E-state index is 12.3. The SMILES string of the molecule is COc1ccc(OC(=O)c2ccc3cc(O)ccc3c2)cc1C.O=Cc1ccc2cc(O)ccc2c1. The van der Waals surface area contributed by atoms with Crippen LogP contribution in [0.25, 0.3) is 21.5 Å². The van der Waals surface area contributed by atoms with Crippen molar-refractivity contribution in [3.63, 3.8) is 0 Å². The molecule has 0 radical (unpaired) electrons. The Kier molecular flexibility index (Phi) is 7.16. The van der Waals surface area contributed by atoms with Crippen LogP contribution in [0.2, 0.25) is 0 Å². The van der Waals surface area contributed by atoms with Crippen LogP contribution < -0.4 is 9.47 Å². The molecule has 6 heteroatoms. The summed E-state index contributed by atoms with van der Waals surface area (Å²) < 4.78 is 10.6. The van der Waals surface area contributed by atoms with Crippen LogP contribution in [-0.4, -0.2) is 29.6 Å². The Balaban J connectivity index is 0.000000197. The molecule has 0 unspecified atom stereocenters. The first-order valence-corrected chi connectivity index (χ1v) is 11.1. The minimum absolute atomic E-state index is 0.196. The second-order valence-electron chi connectivity index (χ2n) is 8.18. The lowest BCUT2D eigenvalue weighted by Gasteiger charge is -2.09. The number of carbonyl (C=O) groups is 2. The molecule has 5 rings (SSSR count). The number of carbonyl (C=O) groups excluding carboxylic acids is 2. The molecule has 0 atom stereocenters. The standard InChI is InChI=1S/C19H16O4.C11H8O2/c1-12-9-17(7-8-18(12)22-2)23-19(21)15-4-3-14-11-16(20)6-5-13(14)10-15;12-7-8-1-2-10-6-11(13)4-3-9(10)5-8/h3-11,20H,1-2H3;1-7,13H.